The molecular formula is C8H14O3. The first-order chi connectivity index (χ1) is 5.15. The van der Waals surface area contributed by atoms with Crippen molar-refractivity contribution in [3.63, 3.8) is 0 Å². The van der Waals surface area contributed by atoms with Gasteiger partial charge in [-0.1, -0.05) is 13.8 Å². The number of esters is 1. The lowest BCUT2D eigenvalue weighted by molar-refractivity contribution is -0.146. The lowest BCUT2D eigenvalue weighted by Crippen LogP contribution is -2.13. The Kier molecular flexibility index (Phi) is 2.49. The predicted molar refractivity (Wildman–Crippen MR) is 39.9 cm³/mol. The molecular weight excluding hydrogens is 144 g/mol. The Morgan fingerprint density at radius 1 is 1.73 bits per heavy atom. The maximum atomic E-state index is 11.1. The van der Waals surface area contributed by atoms with E-state index in [1.165, 1.54) is 0 Å². The van der Waals surface area contributed by atoms with Crippen molar-refractivity contribution in [2.45, 2.75) is 26.4 Å². The van der Waals surface area contributed by atoms with Gasteiger partial charge in [0.15, 0.2) is 0 Å². The van der Waals surface area contributed by atoms with E-state index in [2.05, 4.69) is 0 Å². The third-order valence-electron chi connectivity index (χ3n) is 2.11. The topological polar surface area (TPSA) is 46.5 Å². The highest BCUT2D eigenvalue weighted by atomic mass is 16.6. The molecule has 0 aliphatic carbocycles. The number of carbonyl (C=O) groups is 1. The van der Waals surface area contributed by atoms with E-state index in [-0.39, 0.29) is 24.6 Å². The SMILES string of the molecule is CC(C)[C@@H]1C[C@H](CO)OC1=O. The van der Waals surface area contributed by atoms with Crippen molar-refractivity contribution in [2.75, 3.05) is 6.61 Å². The maximum absolute atomic E-state index is 11.1. The number of hydrogen-bond acceptors (Lipinski definition) is 3. The molecule has 11 heavy (non-hydrogen) atoms. The molecule has 0 unspecified atom stereocenters. The third-order valence-corrected chi connectivity index (χ3v) is 2.11. The van der Waals surface area contributed by atoms with Crippen molar-refractivity contribution in [2.24, 2.45) is 11.8 Å². The summed E-state index contributed by atoms with van der Waals surface area (Å²) in [6.45, 7) is 3.94. The molecule has 0 aromatic rings. The van der Waals surface area contributed by atoms with Crippen LogP contribution in [-0.4, -0.2) is 23.8 Å². The highest BCUT2D eigenvalue weighted by Gasteiger charge is 2.35. The van der Waals surface area contributed by atoms with Crippen molar-refractivity contribution in [3.05, 3.63) is 0 Å². The van der Waals surface area contributed by atoms with Gasteiger partial charge in [-0.2, -0.15) is 0 Å². The fourth-order valence-electron chi connectivity index (χ4n) is 1.34. The van der Waals surface area contributed by atoms with Gasteiger partial charge >= 0.3 is 5.97 Å². The first kappa shape index (κ1) is 8.53. The minimum atomic E-state index is -0.255. The van der Waals surface area contributed by atoms with E-state index < -0.39 is 0 Å². The Labute approximate surface area is 66.4 Å². The van der Waals surface area contributed by atoms with Crippen LogP contribution in [-0.2, 0) is 9.53 Å². The van der Waals surface area contributed by atoms with Gasteiger partial charge in [-0.3, -0.25) is 4.79 Å². The Hall–Kier alpha value is -0.570. The van der Waals surface area contributed by atoms with E-state index in [4.69, 9.17) is 9.84 Å². The van der Waals surface area contributed by atoms with E-state index in [1.807, 2.05) is 13.8 Å². The van der Waals surface area contributed by atoms with Gasteiger partial charge < -0.3 is 9.84 Å². The molecule has 1 fully saturated rings. The molecule has 1 N–H and O–H groups in total. The standard InChI is InChI=1S/C8H14O3/c1-5(2)7-3-6(4-9)11-8(7)10/h5-7,9H,3-4H2,1-2H3/t6-,7+/m1/s1. The number of aliphatic hydroxyl groups is 1. The summed E-state index contributed by atoms with van der Waals surface area (Å²) in [7, 11) is 0. The molecule has 2 atom stereocenters. The normalized spacial score (nSPS) is 31.1. The van der Waals surface area contributed by atoms with Gasteiger partial charge in [0.2, 0.25) is 0 Å². The summed E-state index contributed by atoms with van der Waals surface area (Å²) in [5.74, 6) is 0.158. The van der Waals surface area contributed by atoms with E-state index in [1.54, 1.807) is 0 Å². The highest BCUT2D eigenvalue weighted by molar-refractivity contribution is 5.74. The van der Waals surface area contributed by atoms with Crippen LogP contribution in [0.5, 0.6) is 0 Å². The van der Waals surface area contributed by atoms with Gasteiger partial charge in [-0.05, 0) is 5.92 Å². The fraction of sp³-hybridized carbons (Fsp3) is 0.875. The fourth-order valence-corrected chi connectivity index (χ4v) is 1.34. The third kappa shape index (κ3) is 1.71. The van der Waals surface area contributed by atoms with Crippen molar-refractivity contribution < 1.29 is 14.6 Å². The molecule has 0 spiro atoms. The average Bonchev–Trinajstić information content (AvgIpc) is 2.30. The van der Waals surface area contributed by atoms with Gasteiger partial charge in [-0.25, -0.2) is 0 Å². The van der Waals surface area contributed by atoms with Crippen molar-refractivity contribution in [1.82, 2.24) is 0 Å². The van der Waals surface area contributed by atoms with Gasteiger partial charge in [-0.15, -0.1) is 0 Å². The molecule has 64 valence electrons. The zero-order valence-electron chi connectivity index (χ0n) is 6.91. The number of ether oxygens (including phenoxy) is 1. The molecule has 3 heteroatoms. The number of aliphatic hydroxyl groups excluding tert-OH is 1. The molecule has 1 saturated heterocycles. The van der Waals surface area contributed by atoms with Crippen LogP contribution in [0.25, 0.3) is 0 Å². The molecule has 1 heterocycles. The van der Waals surface area contributed by atoms with Crippen molar-refractivity contribution in [1.29, 1.82) is 0 Å². The van der Waals surface area contributed by atoms with E-state index >= 15 is 0 Å². The van der Waals surface area contributed by atoms with Gasteiger partial charge in [0.1, 0.15) is 6.10 Å². The van der Waals surface area contributed by atoms with Crippen LogP contribution < -0.4 is 0 Å². The second-order valence-corrected chi connectivity index (χ2v) is 3.33. The minimum Gasteiger partial charge on any atom is -0.460 e. The molecule has 1 aliphatic heterocycles. The summed E-state index contributed by atoms with van der Waals surface area (Å²) in [5, 5.41) is 8.71. The number of carbonyl (C=O) groups excluding carboxylic acids is 1. The second kappa shape index (κ2) is 3.22. The summed E-state index contributed by atoms with van der Waals surface area (Å²) in [6.07, 6.45) is 0.419. The Morgan fingerprint density at radius 3 is 2.64 bits per heavy atom. The van der Waals surface area contributed by atoms with Crippen molar-refractivity contribution >= 4 is 5.97 Å². The zero-order chi connectivity index (χ0) is 8.43. The quantitative estimate of drug-likeness (QED) is 0.597. The summed E-state index contributed by atoms with van der Waals surface area (Å²) in [6, 6.07) is 0. The summed E-state index contributed by atoms with van der Waals surface area (Å²) in [4.78, 5) is 11.1. The molecule has 0 aromatic heterocycles. The number of hydrogen-bond donors (Lipinski definition) is 1. The summed E-state index contributed by atoms with van der Waals surface area (Å²) in [5.41, 5.74) is 0. The second-order valence-electron chi connectivity index (χ2n) is 3.33. The summed E-state index contributed by atoms with van der Waals surface area (Å²) >= 11 is 0. The highest BCUT2D eigenvalue weighted by Crippen LogP contribution is 2.26. The lowest BCUT2D eigenvalue weighted by atomic mass is 9.93. The van der Waals surface area contributed by atoms with Crippen LogP contribution in [0.4, 0.5) is 0 Å². The van der Waals surface area contributed by atoms with E-state index in [9.17, 15) is 4.79 Å². The first-order valence-corrected chi connectivity index (χ1v) is 3.96. The minimum absolute atomic E-state index is 0.00727. The van der Waals surface area contributed by atoms with Crippen LogP contribution >= 0.6 is 0 Å². The summed E-state index contributed by atoms with van der Waals surface area (Å²) < 4.78 is 4.90. The molecule has 0 aromatic carbocycles. The van der Waals surface area contributed by atoms with Crippen LogP contribution in [0.2, 0.25) is 0 Å². The number of cyclic esters (lactones) is 1. The van der Waals surface area contributed by atoms with Crippen LogP contribution in [0, 0.1) is 11.8 Å². The van der Waals surface area contributed by atoms with Crippen LogP contribution in [0.15, 0.2) is 0 Å². The maximum Gasteiger partial charge on any atom is 0.309 e. The Morgan fingerprint density at radius 2 is 2.36 bits per heavy atom. The van der Waals surface area contributed by atoms with Gasteiger partial charge in [0, 0.05) is 6.42 Å². The molecule has 1 aliphatic rings. The van der Waals surface area contributed by atoms with Crippen LogP contribution in [0.3, 0.4) is 0 Å². The number of rotatable bonds is 2. The van der Waals surface area contributed by atoms with Crippen LogP contribution in [0.1, 0.15) is 20.3 Å². The molecule has 0 bridgehead atoms. The zero-order valence-corrected chi connectivity index (χ0v) is 6.91. The molecule has 0 radical (unpaired) electrons. The largest absolute Gasteiger partial charge is 0.460 e. The first-order valence-electron chi connectivity index (χ1n) is 3.96. The van der Waals surface area contributed by atoms with Crippen molar-refractivity contribution in [3.8, 4) is 0 Å². The average molecular weight is 158 g/mol. The lowest BCUT2D eigenvalue weighted by Gasteiger charge is -2.07. The smallest absolute Gasteiger partial charge is 0.309 e. The molecule has 3 nitrogen and oxygen atoms in total. The van der Waals surface area contributed by atoms with Gasteiger partial charge in [0.25, 0.3) is 0 Å². The predicted octanol–water partition coefficient (Wildman–Crippen LogP) is 0.566. The van der Waals surface area contributed by atoms with E-state index in [0.717, 1.165) is 0 Å². The monoisotopic (exact) mass is 158 g/mol. The Balaban J connectivity index is 2.52. The molecule has 0 amide bonds. The molecule has 1 rings (SSSR count). The Bertz CT molecular complexity index is 153. The molecule has 0 saturated carbocycles. The van der Waals surface area contributed by atoms with Gasteiger partial charge in [0.05, 0.1) is 12.5 Å². The van der Waals surface area contributed by atoms with E-state index in [0.29, 0.717) is 12.3 Å².